The first-order chi connectivity index (χ1) is 10.6. The standard InChI is InChI=1S/C16H15ClN2O3/c1-11-8-13(6-7-14(11)17)22-10-16(21)19-18-9-12-4-2-3-5-15(12)20/h2-9,20H,10H2,1H3,(H,19,21). The maximum absolute atomic E-state index is 11.6. The Morgan fingerprint density at radius 3 is 2.86 bits per heavy atom. The summed E-state index contributed by atoms with van der Waals surface area (Å²) in [6.07, 6.45) is 1.36. The van der Waals surface area contributed by atoms with Crippen LogP contribution in [-0.2, 0) is 4.79 Å². The van der Waals surface area contributed by atoms with Gasteiger partial charge in [-0.1, -0.05) is 23.7 Å². The van der Waals surface area contributed by atoms with E-state index < -0.39 is 5.91 Å². The molecule has 0 aliphatic carbocycles. The molecule has 0 saturated carbocycles. The van der Waals surface area contributed by atoms with Gasteiger partial charge in [0.2, 0.25) is 0 Å². The van der Waals surface area contributed by atoms with Gasteiger partial charge in [-0.3, -0.25) is 4.79 Å². The van der Waals surface area contributed by atoms with E-state index in [1.165, 1.54) is 12.3 Å². The lowest BCUT2D eigenvalue weighted by Crippen LogP contribution is -2.24. The average molecular weight is 319 g/mol. The number of carbonyl (C=O) groups excluding carboxylic acids is 1. The lowest BCUT2D eigenvalue weighted by molar-refractivity contribution is -0.123. The minimum atomic E-state index is -0.403. The SMILES string of the molecule is Cc1cc(OCC(=O)NN=Cc2ccccc2O)ccc1Cl. The molecular formula is C16H15ClN2O3. The number of benzene rings is 2. The van der Waals surface area contributed by atoms with Gasteiger partial charge in [-0.25, -0.2) is 5.43 Å². The number of carbonyl (C=O) groups is 1. The van der Waals surface area contributed by atoms with Gasteiger partial charge in [0.15, 0.2) is 6.61 Å². The highest BCUT2D eigenvalue weighted by Gasteiger charge is 2.03. The van der Waals surface area contributed by atoms with Crippen molar-refractivity contribution in [1.29, 1.82) is 0 Å². The minimum absolute atomic E-state index is 0.0911. The second-order valence-corrected chi connectivity index (χ2v) is 4.96. The number of phenols is 1. The van der Waals surface area contributed by atoms with Crippen LogP contribution in [0.3, 0.4) is 0 Å². The molecule has 0 aromatic heterocycles. The van der Waals surface area contributed by atoms with E-state index in [0.29, 0.717) is 16.3 Å². The third-order valence-corrected chi connectivity index (χ3v) is 3.25. The van der Waals surface area contributed by atoms with Gasteiger partial charge in [0.05, 0.1) is 6.21 Å². The predicted octanol–water partition coefficient (Wildman–Crippen LogP) is 2.88. The summed E-state index contributed by atoms with van der Waals surface area (Å²) in [5.74, 6) is 0.245. The summed E-state index contributed by atoms with van der Waals surface area (Å²) < 4.78 is 5.34. The first-order valence-corrected chi connectivity index (χ1v) is 6.93. The number of ether oxygens (including phenoxy) is 1. The van der Waals surface area contributed by atoms with Gasteiger partial charge in [0.1, 0.15) is 11.5 Å². The number of amides is 1. The number of rotatable bonds is 5. The van der Waals surface area contributed by atoms with Gasteiger partial charge in [-0.15, -0.1) is 0 Å². The second kappa shape index (κ2) is 7.47. The molecule has 0 atom stereocenters. The Morgan fingerprint density at radius 2 is 2.14 bits per heavy atom. The van der Waals surface area contributed by atoms with Crippen LogP contribution in [0.25, 0.3) is 0 Å². The molecule has 0 bridgehead atoms. The molecule has 2 rings (SSSR count). The van der Waals surface area contributed by atoms with Crippen LogP contribution in [0.1, 0.15) is 11.1 Å². The van der Waals surface area contributed by atoms with E-state index in [0.717, 1.165) is 5.56 Å². The van der Waals surface area contributed by atoms with E-state index in [9.17, 15) is 9.90 Å². The Morgan fingerprint density at radius 1 is 1.36 bits per heavy atom. The molecular weight excluding hydrogens is 304 g/mol. The van der Waals surface area contributed by atoms with E-state index in [1.54, 1.807) is 36.4 Å². The zero-order valence-electron chi connectivity index (χ0n) is 11.9. The third-order valence-electron chi connectivity index (χ3n) is 2.83. The molecule has 2 N–H and O–H groups in total. The fraction of sp³-hybridized carbons (Fsp3) is 0.125. The number of aryl methyl sites for hydroxylation is 1. The van der Waals surface area contributed by atoms with Crippen LogP contribution in [0.4, 0.5) is 0 Å². The molecule has 22 heavy (non-hydrogen) atoms. The quantitative estimate of drug-likeness (QED) is 0.658. The zero-order valence-corrected chi connectivity index (χ0v) is 12.7. The highest BCUT2D eigenvalue weighted by atomic mass is 35.5. The first kappa shape index (κ1) is 15.9. The summed E-state index contributed by atoms with van der Waals surface area (Å²) in [5, 5.41) is 13.9. The van der Waals surface area contributed by atoms with Crippen LogP contribution in [0, 0.1) is 6.92 Å². The fourth-order valence-electron chi connectivity index (χ4n) is 1.66. The molecule has 0 radical (unpaired) electrons. The molecule has 0 heterocycles. The van der Waals surface area contributed by atoms with Gasteiger partial charge in [-0.05, 0) is 42.8 Å². The van der Waals surface area contributed by atoms with Gasteiger partial charge in [0.25, 0.3) is 5.91 Å². The van der Waals surface area contributed by atoms with Gasteiger partial charge in [0, 0.05) is 10.6 Å². The van der Waals surface area contributed by atoms with E-state index in [1.807, 2.05) is 6.92 Å². The number of nitrogens with one attached hydrogen (secondary N) is 1. The number of halogens is 1. The largest absolute Gasteiger partial charge is 0.507 e. The van der Waals surface area contributed by atoms with Crippen molar-refractivity contribution in [3.63, 3.8) is 0 Å². The molecule has 0 unspecified atom stereocenters. The normalized spacial score (nSPS) is 10.6. The van der Waals surface area contributed by atoms with E-state index in [2.05, 4.69) is 10.5 Å². The lowest BCUT2D eigenvalue weighted by atomic mass is 10.2. The smallest absolute Gasteiger partial charge is 0.277 e. The number of para-hydroxylation sites is 1. The van der Waals surface area contributed by atoms with Gasteiger partial charge < -0.3 is 9.84 Å². The number of aromatic hydroxyl groups is 1. The molecule has 0 spiro atoms. The van der Waals surface area contributed by atoms with Crippen molar-refractivity contribution < 1.29 is 14.6 Å². The Hall–Kier alpha value is -2.53. The van der Waals surface area contributed by atoms with Crippen molar-refractivity contribution in [2.24, 2.45) is 5.10 Å². The number of nitrogens with zero attached hydrogens (tertiary/aromatic N) is 1. The van der Waals surface area contributed by atoms with Gasteiger partial charge in [-0.2, -0.15) is 5.10 Å². The van der Waals surface area contributed by atoms with Crippen molar-refractivity contribution >= 4 is 23.7 Å². The number of hydrazone groups is 1. The summed E-state index contributed by atoms with van der Waals surface area (Å²) in [4.78, 5) is 11.6. The second-order valence-electron chi connectivity index (χ2n) is 4.55. The van der Waals surface area contributed by atoms with Crippen LogP contribution in [-0.4, -0.2) is 23.8 Å². The third kappa shape index (κ3) is 4.49. The molecule has 114 valence electrons. The monoisotopic (exact) mass is 318 g/mol. The number of hydrogen-bond acceptors (Lipinski definition) is 4. The van der Waals surface area contributed by atoms with Crippen molar-refractivity contribution in [3.8, 4) is 11.5 Å². The molecule has 6 heteroatoms. The molecule has 2 aromatic rings. The summed E-state index contributed by atoms with van der Waals surface area (Å²) in [6.45, 7) is 1.69. The summed E-state index contributed by atoms with van der Waals surface area (Å²) >= 11 is 5.91. The van der Waals surface area contributed by atoms with E-state index >= 15 is 0 Å². The van der Waals surface area contributed by atoms with Crippen LogP contribution in [0.15, 0.2) is 47.6 Å². The zero-order chi connectivity index (χ0) is 15.9. The van der Waals surface area contributed by atoms with Crippen molar-refractivity contribution in [2.75, 3.05) is 6.61 Å². The summed E-state index contributed by atoms with van der Waals surface area (Å²) in [6, 6.07) is 11.8. The average Bonchev–Trinajstić information content (AvgIpc) is 2.50. The maximum Gasteiger partial charge on any atom is 0.277 e. The van der Waals surface area contributed by atoms with E-state index in [-0.39, 0.29) is 12.4 Å². The Kier molecular flexibility index (Phi) is 5.38. The summed E-state index contributed by atoms with van der Waals surface area (Å²) in [7, 11) is 0. The van der Waals surface area contributed by atoms with Crippen LogP contribution in [0.2, 0.25) is 5.02 Å². The van der Waals surface area contributed by atoms with Gasteiger partial charge >= 0.3 is 0 Å². The molecule has 5 nitrogen and oxygen atoms in total. The minimum Gasteiger partial charge on any atom is -0.507 e. The van der Waals surface area contributed by atoms with Crippen LogP contribution >= 0.6 is 11.6 Å². The molecule has 0 aliphatic heterocycles. The molecule has 0 fully saturated rings. The highest BCUT2D eigenvalue weighted by Crippen LogP contribution is 2.20. The van der Waals surface area contributed by atoms with Crippen molar-refractivity contribution in [3.05, 3.63) is 58.6 Å². The highest BCUT2D eigenvalue weighted by molar-refractivity contribution is 6.31. The van der Waals surface area contributed by atoms with Crippen molar-refractivity contribution in [2.45, 2.75) is 6.92 Å². The van der Waals surface area contributed by atoms with E-state index in [4.69, 9.17) is 16.3 Å². The lowest BCUT2D eigenvalue weighted by Gasteiger charge is -2.06. The van der Waals surface area contributed by atoms with Crippen LogP contribution < -0.4 is 10.2 Å². The Balaban J connectivity index is 1.83. The molecule has 2 aromatic carbocycles. The molecule has 1 amide bonds. The first-order valence-electron chi connectivity index (χ1n) is 6.55. The maximum atomic E-state index is 11.6. The molecule has 0 aliphatic rings. The van der Waals surface area contributed by atoms with Crippen LogP contribution in [0.5, 0.6) is 11.5 Å². The Bertz CT molecular complexity index is 702. The Labute approximate surface area is 133 Å². The fourth-order valence-corrected chi connectivity index (χ4v) is 1.78. The molecule has 0 saturated heterocycles. The number of phenolic OH excluding ortho intramolecular Hbond substituents is 1. The summed E-state index contributed by atoms with van der Waals surface area (Å²) in [5.41, 5.74) is 3.71. The predicted molar refractivity (Wildman–Crippen MR) is 85.5 cm³/mol. The number of hydrogen-bond donors (Lipinski definition) is 2. The topological polar surface area (TPSA) is 70.9 Å². The van der Waals surface area contributed by atoms with Crippen molar-refractivity contribution in [1.82, 2.24) is 5.43 Å².